The molecular formula is C9H17BrO. The van der Waals surface area contributed by atoms with Crippen molar-refractivity contribution in [1.82, 2.24) is 0 Å². The zero-order chi connectivity index (χ0) is 8.27. The molecule has 0 bridgehead atoms. The van der Waals surface area contributed by atoms with Gasteiger partial charge in [-0.15, -0.1) is 0 Å². The minimum Gasteiger partial charge on any atom is -0.377 e. The molecule has 3 unspecified atom stereocenters. The summed E-state index contributed by atoms with van der Waals surface area (Å²) >= 11 is 3.45. The first kappa shape index (κ1) is 9.53. The SMILES string of the molecule is CCC(C)C1COC(CBr)C1. The Hall–Kier alpha value is 0.440. The summed E-state index contributed by atoms with van der Waals surface area (Å²) in [7, 11) is 0. The summed E-state index contributed by atoms with van der Waals surface area (Å²) in [4.78, 5) is 0. The van der Waals surface area contributed by atoms with Gasteiger partial charge in [-0.2, -0.15) is 0 Å². The van der Waals surface area contributed by atoms with E-state index in [1.807, 2.05) is 0 Å². The van der Waals surface area contributed by atoms with E-state index in [0.717, 1.165) is 23.8 Å². The highest BCUT2D eigenvalue weighted by Crippen LogP contribution is 2.28. The van der Waals surface area contributed by atoms with Crippen molar-refractivity contribution in [2.75, 3.05) is 11.9 Å². The summed E-state index contributed by atoms with van der Waals surface area (Å²) in [5, 5.41) is 1.000. The lowest BCUT2D eigenvalue weighted by molar-refractivity contribution is 0.119. The Morgan fingerprint density at radius 1 is 1.64 bits per heavy atom. The largest absolute Gasteiger partial charge is 0.377 e. The van der Waals surface area contributed by atoms with E-state index in [1.54, 1.807) is 0 Å². The lowest BCUT2D eigenvalue weighted by atomic mass is 9.90. The van der Waals surface area contributed by atoms with Gasteiger partial charge < -0.3 is 4.74 Å². The van der Waals surface area contributed by atoms with E-state index in [4.69, 9.17) is 4.74 Å². The molecule has 2 heteroatoms. The number of ether oxygens (including phenoxy) is 1. The van der Waals surface area contributed by atoms with Crippen molar-refractivity contribution >= 4 is 15.9 Å². The van der Waals surface area contributed by atoms with Gasteiger partial charge in [0.1, 0.15) is 0 Å². The van der Waals surface area contributed by atoms with Gasteiger partial charge in [-0.25, -0.2) is 0 Å². The number of halogens is 1. The van der Waals surface area contributed by atoms with Crippen molar-refractivity contribution in [3.63, 3.8) is 0 Å². The molecule has 1 fully saturated rings. The fourth-order valence-electron chi connectivity index (χ4n) is 1.57. The zero-order valence-corrected chi connectivity index (χ0v) is 8.93. The molecule has 0 aromatic rings. The van der Waals surface area contributed by atoms with E-state index in [2.05, 4.69) is 29.8 Å². The highest BCUT2D eigenvalue weighted by atomic mass is 79.9. The molecule has 0 saturated carbocycles. The minimum atomic E-state index is 0.481. The van der Waals surface area contributed by atoms with Gasteiger partial charge in [-0.3, -0.25) is 0 Å². The van der Waals surface area contributed by atoms with Crippen molar-refractivity contribution in [3.05, 3.63) is 0 Å². The predicted molar refractivity (Wildman–Crippen MR) is 51.1 cm³/mol. The van der Waals surface area contributed by atoms with Crippen molar-refractivity contribution in [3.8, 4) is 0 Å². The molecule has 0 amide bonds. The molecule has 1 aliphatic heterocycles. The summed E-state index contributed by atoms with van der Waals surface area (Å²) in [6.45, 7) is 5.56. The molecule has 3 atom stereocenters. The van der Waals surface area contributed by atoms with Gasteiger partial charge in [-0.05, 0) is 18.3 Å². The smallest absolute Gasteiger partial charge is 0.0675 e. The lowest BCUT2D eigenvalue weighted by Crippen LogP contribution is -2.11. The average Bonchev–Trinajstić information content (AvgIpc) is 2.50. The van der Waals surface area contributed by atoms with Crippen LogP contribution in [0.4, 0.5) is 0 Å². The van der Waals surface area contributed by atoms with Gasteiger partial charge in [-0.1, -0.05) is 36.2 Å². The Morgan fingerprint density at radius 3 is 2.82 bits per heavy atom. The van der Waals surface area contributed by atoms with Gasteiger partial charge in [0.05, 0.1) is 12.7 Å². The normalized spacial score (nSPS) is 34.1. The van der Waals surface area contributed by atoms with Gasteiger partial charge in [0.2, 0.25) is 0 Å². The molecule has 0 aromatic carbocycles. The van der Waals surface area contributed by atoms with Crippen LogP contribution in [0.2, 0.25) is 0 Å². The fourth-order valence-corrected chi connectivity index (χ4v) is 2.02. The van der Waals surface area contributed by atoms with Crippen molar-refractivity contribution in [1.29, 1.82) is 0 Å². The number of rotatable bonds is 3. The number of alkyl halides is 1. The second-order valence-electron chi connectivity index (χ2n) is 3.49. The third-order valence-corrected chi connectivity index (χ3v) is 3.45. The highest BCUT2D eigenvalue weighted by molar-refractivity contribution is 9.09. The number of hydrogen-bond donors (Lipinski definition) is 0. The van der Waals surface area contributed by atoms with Crippen LogP contribution >= 0.6 is 15.9 Å². The molecule has 1 aliphatic rings. The first-order chi connectivity index (χ1) is 5.27. The lowest BCUT2D eigenvalue weighted by Gasteiger charge is -2.14. The summed E-state index contributed by atoms with van der Waals surface area (Å²) in [6.07, 6.45) is 3.01. The van der Waals surface area contributed by atoms with Crippen LogP contribution in [-0.4, -0.2) is 18.0 Å². The summed E-state index contributed by atoms with van der Waals surface area (Å²) in [5.41, 5.74) is 0. The first-order valence-electron chi connectivity index (χ1n) is 4.45. The fraction of sp³-hybridized carbons (Fsp3) is 1.00. The Bertz CT molecular complexity index is 116. The quantitative estimate of drug-likeness (QED) is 0.666. The maximum absolute atomic E-state index is 5.59. The molecule has 1 saturated heterocycles. The van der Waals surface area contributed by atoms with Crippen LogP contribution in [0, 0.1) is 11.8 Å². The Labute approximate surface area is 77.6 Å². The molecule has 66 valence electrons. The van der Waals surface area contributed by atoms with Crippen molar-refractivity contribution in [2.45, 2.75) is 32.8 Å². The van der Waals surface area contributed by atoms with E-state index in [-0.39, 0.29) is 0 Å². The molecular weight excluding hydrogens is 204 g/mol. The Balaban J connectivity index is 2.29. The zero-order valence-electron chi connectivity index (χ0n) is 7.35. The van der Waals surface area contributed by atoms with Crippen LogP contribution in [0.25, 0.3) is 0 Å². The van der Waals surface area contributed by atoms with Gasteiger partial charge in [0, 0.05) is 5.33 Å². The topological polar surface area (TPSA) is 9.23 Å². The molecule has 1 rings (SSSR count). The third kappa shape index (κ3) is 2.45. The second kappa shape index (κ2) is 4.46. The molecule has 11 heavy (non-hydrogen) atoms. The summed E-state index contributed by atoms with van der Waals surface area (Å²) in [6, 6.07) is 0. The van der Waals surface area contributed by atoms with Crippen LogP contribution in [0.5, 0.6) is 0 Å². The van der Waals surface area contributed by atoms with E-state index in [0.29, 0.717) is 6.10 Å². The van der Waals surface area contributed by atoms with Crippen LogP contribution in [0.3, 0.4) is 0 Å². The van der Waals surface area contributed by atoms with Crippen LogP contribution in [0.15, 0.2) is 0 Å². The van der Waals surface area contributed by atoms with Crippen LogP contribution in [0.1, 0.15) is 26.7 Å². The third-order valence-electron chi connectivity index (χ3n) is 2.73. The van der Waals surface area contributed by atoms with E-state index in [9.17, 15) is 0 Å². The van der Waals surface area contributed by atoms with Gasteiger partial charge in [0.25, 0.3) is 0 Å². The number of hydrogen-bond acceptors (Lipinski definition) is 1. The maximum atomic E-state index is 5.59. The molecule has 1 heterocycles. The first-order valence-corrected chi connectivity index (χ1v) is 5.57. The summed E-state index contributed by atoms with van der Waals surface area (Å²) < 4.78 is 5.59. The molecule has 0 aliphatic carbocycles. The Kier molecular flexibility index (Phi) is 3.86. The van der Waals surface area contributed by atoms with Crippen molar-refractivity contribution < 1.29 is 4.74 Å². The molecule has 0 spiro atoms. The van der Waals surface area contributed by atoms with Gasteiger partial charge >= 0.3 is 0 Å². The highest BCUT2D eigenvalue weighted by Gasteiger charge is 2.27. The average molecular weight is 221 g/mol. The Morgan fingerprint density at radius 2 is 2.36 bits per heavy atom. The van der Waals surface area contributed by atoms with Crippen LogP contribution in [-0.2, 0) is 4.74 Å². The molecule has 0 N–H and O–H groups in total. The standard InChI is InChI=1S/C9H17BrO/c1-3-7(2)8-4-9(5-10)11-6-8/h7-9H,3-6H2,1-2H3. The van der Waals surface area contributed by atoms with Crippen LogP contribution < -0.4 is 0 Å². The monoisotopic (exact) mass is 220 g/mol. The van der Waals surface area contributed by atoms with Crippen molar-refractivity contribution in [2.24, 2.45) is 11.8 Å². The van der Waals surface area contributed by atoms with Gasteiger partial charge in [0.15, 0.2) is 0 Å². The predicted octanol–water partition coefficient (Wildman–Crippen LogP) is 2.83. The molecule has 0 aromatic heterocycles. The molecule has 0 radical (unpaired) electrons. The van der Waals surface area contributed by atoms with E-state index >= 15 is 0 Å². The molecule has 1 nitrogen and oxygen atoms in total. The second-order valence-corrected chi connectivity index (χ2v) is 4.14. The summed E-state index contributed by atoms with van der Waals surface area (Å²) in [5.74, 6) is 1.64. The minimum absolute atomic E-state index is 0.481. The maximum Gasteiger partial charge on any atom is 0.0675 e. The van der Waals surface area contributed by atoms with E-state index in [1.165, 1.54) is 12.8 Å². The van der Waals surface area contributed by atoms with E-state index < -0.39 is 0 Å².